The van der Waals surface area contributed by atoms with Crippen molar-refractivity contribution in [2.24, 2.45) is 0 Å². The van der Waals surface area contributed by atoms with Crippen LogP contribution in [0.3, 0.4) is 0 Å². The number of aliphatic hydroxyl groups is 1. The van der Waals surface area contributed by atoms with E-state index in [4.69, 9.17) is 40.5 Å². The van der Waals surface area contributed by atoms with Crippen LogP contribution in [0.5, 0.6) is 6.01 Å². The van der Waals surface area contributed by atoms with E-state index in [2.05, 4.69) is 40.6 Å². The molecule has 4 atom stereocenters. The van der Waals surface area contributed by atoms with E-state index in [1.807, 2.05) is 53.2 Å². The van der Waals surface area contributed by atoms with Crippen molar-refractivity contribution in [3.8, 4) is 28.4 Å². The van der Waals surface area contributed by atoms with Crippen LogP contribution in [0.2, 0.25) is 30.7 Å². The number of nitrogens with zero attached hydrogens (tertiary/aromatic N) is 4. The summed E-state index contributed by atoms with van der Waals surface area (Å²) in [5.41, 5.74) is 4.76. The summed E-state index contributed by atoms with van der Waals surface area (Å²) in [4.78, 5) is 13.9. The second-order valence-corrected chi connectivity index (χ2v) is 18.4. The topological polar surface area (TPSA) is 101 Å². The zero-order chi connectivity index (χ0) is 28.7. The van der Waals surface area contributed by atoms with Crippen LogP contribution < -0.4 is 4.74 Å². The van der Waals surface area contributed by atoms with Gasteiger partial charge in [-0.2, -0.15) is 4.98 Å². The van der Waals surface area contributed by atoms with Crippen LogP contribution in [-0.4, -0.2) is 76.9 Å². The molecule has 0 radical (unpaired) electrons. The molecule has 2 aliphatic rings. The molecule has 0 saturated carbocycles. The SMILES string of the molecule is C[Si](C)(C)CCOCn1c(O[C@@H]2CO[C@H]3[C@@H]2OC[C@H]3O)nc2nc(-c3ccc(-c4ccc(Br)nc4)cc3)c(Cl)cc21. The van der Waals surface area contributed by atoms with E-state index in [0.29, 0.717) is 41.1 Å². The summed E-state index contributed by atoms with van der Waals surface area (Å²) in [6.07, 6.45) is -0.0126. The van der Waals surface area contributed by atoms with Crippen LogP contribution in [0.25, 0.3) is 33.5 Å². The minimum atomic E-state index is -1.26. The van der Waals surface area contributed by atoms with Gasteiger partial charge in [-0.1, -0.05) is 61.6 Å². The van der Waals surface area contributed by atoms with Crippen molar-refractivity contribution in [2.45, 2.75) is 56.8 Å². The number of rotatable bonds is 9. The fourth-order valence-electron chi connectivity index (χ4n) is 5.00. The predicted octanol–water partition coefficient (Wildman–Crippen LogP) is 5.79. The molecule has 0 unspecified atom stereocenters. The fourth-order valence-corrected chi connectivity index (χ4v) is 6.25. The molecule has 0 spiro atoms. The molecule has 1 aromatic carbocycles. The van der Waals surface area contributed by atoms with Crippen molar-refractivity contribution in [1.29, 1.82) is 0 Å². The predicted molar refractivity (Wildman–Crippen MR) is 163 cm³/mol. The number of fused-ring (bicyclic) bond motifs is 2. The van der Waals surface area contributed by atoms with E-state index in [0.717, 1.165) is 27.3 Å². The number of hydrogen-bond donors (Lipinski definition) is 1. The first-order valence-corrected chi connectivity index (χ1v) is 18.5. The molecule has 9 nitrogen and oxygen atoms in total. The molecule has 0 amide bonds. The summed E-state index contributed by atoms with van der Waals surface area (Å²) in [7, 11) is -1.26. The van der Waals surface area contributed by atoms with Gasteiger partial charge in [-0.3, -0.25) is 4.57 Å². The van der Waals surface area contributed by atoms with E-state index in [1.165, 1.54) is 0 Å². The number of aliphatic hydroxyl groups excluding tert-OH is 1. The average molecular weight is 660 g/mol. The van der Waals surface area contributed by atoms with Crippen LogP contribution in [0, 0.1) is 0 Å². The van der Waals surface area contributed by atoms with Crippen LogP contribution in [0.15, 0.2) is 53.3 Å². The number of aromatic nitrogens is 4. The minimum absolute atomic E-state index is 0.225. The maximum absolute atomic E-state index is 10.2. The third-order valence-corrected chi connectivity index (χ3v) is 9.80. The molecule has 5 heterocycles. The third-order valence-electron chi connectivity index (χ3n) is 7.33. The molecule has 2 saturated heterocycles. The molecular weight excluding hydrogens is 628 g/mol. The highest BCUT2D eigenvalue weighted by molar-refractivity contribution is 9.10. The van der Waals surface area contributed by atoms with E-state index in [-0.39, 0.29) is 19.4 Å². The maximum Gasteiger partial charge on any atom is 0.301 e. The summed E-state index contributed by atoms with van der Waals surface area (Å²) in [6.45, 7) is 8.36. The van der Waals surface area contributed by atoms with Crippen LogP contribution in [0.1, 0.15) is 0 Å². The Balaban J connectivity index is 1.30. The molecular formula is C29H32BrClN4O5Si. The van der Waals surface area contributed by atoms with Gasteiger partial charge in [0.25, 0.3) is 0 Å². The Morgan fingerprint density at radius 2 is 1.76 bits per heavy atom. The van der Waals surface area contributed by atoms with Gasteiger partial charge in [0.15, 0.2) is 11.8 Å². The molecule has 3 aromatic heterocycles. The first-order chi connectivity index (χ1) is 19.7. The molecule has 12 heteroatoms. The lowest BCUT2D eigenvalue weighted by atomic mass is 10.0. The van der Waals surface area contributed by atoms with Gasteiger partial charge < -0.3 is 24.1 Å². The van der Waals surface area contributed by atoms with E-state index < -0.39 is 26.4 Å². The summed E-state index contributed by atoms with van der Waals surface area (Å²) in [5.74, 6) is 0. The number of pyridine rings is 2. The molecule has 4 aromatic rings. The monoisotopic (exact) mass is 658 g/mol. The van der Waals surface area contributed by atoms with Gasteiger partial charge in [-0.15, -0.1) is 0 Å². The van der Waals surface area contributed by atoms with Gasteiger partial charge in [-0.05, 0) is 39.7 Å². The largest absolute Gasteiger partial charge is 0.456 e. The van der Waals surface area contributed by atoms with E-state index in [1.54, 1.807) is 0 Å². The number of benzene rings is 1. The van der Waals surface area contributed by atoms with Crippen LogP contribution in [-0.2, 0) is 20.9 Å². The van der Waals surface area contributed by atoms with Gasteiger partial charge in [-0.25, -0.2) is 9.97 Å². The molecule has 6 rings (SSSR count). The van der Waals surface area contributed by atoms with Gasteiger partial charge in [0.1, 0.15) is 29.6 Å². The Labute approximate surface area is 252 Å². The van der Waals surface area contributed by atoms with Crippen LogP contribution >= 0.6 is 27.5 Å². The molecule has 1 N–H and O–H groups in total. The van der Waals surface area contributed by atoms with Gasteiger partial charge in [0, 0.05) is 32.0 Å². The summed E-state index contributed by atoms with van der Waals surface area (Å²) in [6, 6.07) is 15.2. The summed E-state index contributed by atoms with van der Waals surface area (Å²) < 4.78 is 26.6. The van der Waals surface area contributed by atoms with E-state index >= 15 is 0 Å². The number of imidazole rings is 1. The van der Waals surface area contributed by atoms with Crippen LogP contribution in [0.4, 0.5) is 0 Å². The Morgan fingerprint density at radius 3 is 2.49 bits per heavy atom. The Hall–Kier alpha value is -2.38. The van der Waals surface area contributed by atoms with Crippen molar-refractivity contribution < 1.29 is 24.1 Å². The Kier molecular flexibility index (Phi) is 8.21. The zero-order valence-corrected chi connectivity index (χ0v) is 26.4. The average Bonchev–Trinajstić information content (AvgIpc) is 3.61. The summed E-state index contributed by atoms with van der Waals surface area (Å²) >= 11 is 10.2. The molecule has 2 fully saturated rings. The smallest absolute Gasteiger partial charge is 0.301 e. The van der Waals surface area contributed by atoms with Gasteiger partial charge >= 0.3 is 6.01 Å². The lowest BCUT2D eigenvalue weighted by Crippen LogP contribution is -2.35. The lowest BCUT2D eigenvalue weighted by Gasteiger charge is -2.19. The van der Waals surface area contributed by atoms with E-state index in [9.17, 15) is 5.11 Å². The first-order valence-electron chi connectivity index (χ1n) is 13.6. The van der Waals surface area contributed by atoms with Crippen molar-refractivity contribution in [3.05, 3.63) is 58.3 Å². The van der Waals surface area contributed by atoms with Gasteiger partial charge in [0.05, 0.1) is 29.4 Å². The minimum Gasteiger partial charge on any atom is -0.456 e. The first kappa shape index (κ1) is 28.7. The standard InChI is InChI=1S/C29H32BrClN4O5Si/c1-41(2,3)11-10-37-16-35-21-12-20(31)25(18-6-4-17(5-7-18)19-8-9-24(30)32-13-19)33-28(21)34-29(35)40-23-15-39-26-22(36)14-38-27(23)26/h4-9,12-13,22-23,26-27,36H,10-11,14-16H2,1-3H3/t22-,23-,26-,27-/m1/s1. The summed E-state index contributed by atoms with van der Waals surface area (Å²) in [5, 5.41) is 10.6. The molecule has 2 aliphatic heterocycles. The molecule has 0 aliphatic carbocycles. The molecule has 0 bridgehead atoms. The zero-order valence-electron chi connectivity index (χ0n) is 23.1. The second-order valence-electron chi connectivity index (χ2n) is 11.6. The molecule has 216 valence electrons. The number of hydrogen-bond acceptors (Lipinski definition) is 8. The number of ether oxygens (including phenoxy) is 4. The van der Waals surface area contributed by atoms with Crippen molar-refractivity contribution in [1.82, 2.24) is 19.5 Å². The Morgan fingerprint density at radius 1 is 1.02 bits per heavy atom. The lowest BCUT2D eigenvalue weighted by molar-refractivity contribution is 0.00339. The molecule has 41 heavy (non-hydrogen) atoms. The third kappa shape index (κ3) is 6.22. The quantitative estimate of drug-likeness (QED) is 0.137. The normalized spacial score (nSPS) is 22.4. The van der Waals surface area contributed by atoms with Crippen molar-refractivity contribution >= 4 is 46.8 Å². The van der Waals surface area contributed by atoms with Crippen molar-refractivity contribution in [2.75, 3.05) is 19.8 Å². The fraction of sp³-hybridized carbons (Fsp3) is 0.414. The van der Waals surface area contributed by atoms with Crippen molar-refractivity contribution in [3.63, 3.8) is 0 Å². The number of halogens is 2. The highest BCUT2D eigenvalue weighted by atomic mass is 79.9. The highest BCUT2D eigenvalue weighted by Crippen LogP contribution is 2.34. The Bertz CT molecular complexity index is 1530. The van der Waals surface area contributed by atoms with Gasteiger partial charge in [0.2, 0.25) is 0 Å². The maximum atomic E-state index is 10.2. The highest BCUT2D eigenvalue weighted by Gasteiger charge is 2.49. The second kappa shape index (κ2) is 11.7.